The van der Waals surface area contributed by atoms with Gasteiger partial charge in [0, 0.05) is 24.0 Å². The lowest BCUT2D eigenvalue weighted by molar-refractivity contribution is -0.137. The Hall–Kier alpha value is -2.83. The quantitative estimate of drug-likeness (QED) is 0.513. The van der Waals surface area contributed by atoms with Crippen LogP contribution in [0.15, 0.2) is 41.6 Å². The van der Waals surface area contributed by atoms with E-state index in [0.29, 0.717) is 0 Å². The van der Waals surface area contributed by atoms with Gasteiger partial charge in [0.2, 0.25) is 0 Å². The summed E-state index contributed by atoms with van der Waals surface area (Å²) in [5.41, 5.74) is 7.42. The van der Waals surface area contributed by atoms with Crippen LogP contribution in [-0.2, 0) is 6.18 Å². The fourth-order valence-electron chi connectivity index (χ4n) is 3.76. The summed E-state index contributed by atoms with van der Waals surface area (Å²) in [6.07, 6.45) is 0.316. The van der Waals surface area contributed by atoms with Crippen molar-refractivity contribution < 1.29 is 13.2 Å². The molecule has 0 unspecified atom stereocenters. The molecule has 1 aromatic carbocycles. The number of alkyl halides is 3. The first kappa shape index (κ1) is 20.9. The van der Waals surface area contributed by atoms with Gasteiger partial charge < -0.3 is 4.90 Å². The number of pyridine rings is 1. The van der Waals surface area contributed by atoms with E-state index < -0.39 is 11.7 Å². The van der Waals surface area contributed by atoms with E-state index in [1.807, 2.05) is 6.92 Å². The summed E-state index contributed by atoms with van der Waals surface area (Å²) < 4.78 is 37.8. The van der Waals surface area contributed by atoms with Crippen LogP contribution in [0, 0.1) is 6.92 Å². The minimum absolute atomic E-state index is 0.0519. The zero-order valence-corrected chi connectivity index (χ0v) is 17.2. The van der Waals surface area contributed by atoms with Crippen molar-refractivity contribution in [3.63, 3.8) is 0 Å². The van der Waals surface area contributed by atoms with E-state index >= 15 is 0 Å². The highest BCUT2D eigenvalue weighted by molar-refractivity contribution is 5.89. The first-order valence-electron chi connectivity index (χ1n) is 9.47. The van der Waals surface area contributed by atoms with Gasteiger partial charge in [0.15, 0.2) is 0 Å². The van der Waals surface area contributed by atoms with Crippen LogP contribution in [0.3, 0.4) is 0 Å². The molecular weight excluding hydrogens is 377 g/mol. The predicted molar refractivity (Wildman–Crippen MR) is 112 cm³/mol. The molecule has 154 valence electrons. The maximum absolute atomic E-state index is 12.6. The number of aryl methyl sites for hydroxylation is 1. The molecule has 1 aliphatic heterocycles. The van der Waals surface area contributed by atoms with Gasteiger partial charge in [0.25, 0.3) is 0 Å². The van der Waals surface area contributed by atoms with E-state index in [2.05, 4.69) is 66.3 Å². The Morgan fingerprint density at radius 3 is 2.52 bits per heavy atom. The summed E-state index contributed by atoms with van der Waals surface area (Å²) in [5.74, 6) is 0.250. The summed E-state index contributed by atoms with van der Waals surface area (Å²) in [7, 11) is 0. The van der Waals surface area contributed by atoms with Gasteiger partial charge in [-0.15, -0.1) is 0 Å². The number of hydrogen-bond acceptors (Lipinski definition) is 4. The van der Waals surface area contributed by atoms with Crippen LogP contribution in [0.1, 0.15) is 49.9 Å². The predicted octanol–water partition coefficient (Wildman–Crippen LogP) is 5.88. The highest BCUT2D eigenvalue weighted by atomic mass is 19.4. The van der Waals surface area contributed by atoms with Gasteiger partial charge in [-0.05, 0) is 75.6 Å². The lowest BCUT2D eigenvalue weighted by Gasteiger charge is -2.43. The molecule has 3 rings (SSSR count). The maximum Gasteiger partial charge on any atom is 0.417 e. The molecule has 1 N–H and O–H groups in total. The van der Waals surface area contributed by atoms with Gasteiger partial charge in [-0.25, -0.2) is 4.98 Å². The van der Waals surface area contributed by atoms with Gasteiger partial charge in [-0.3, -0.25) is 5.43 Å². The second-order valence-corrected chi connectivity index (χ2v) is 7.75. The second-order valence-electron chi connectivity index (χ2n) is 7.75. The zero-order chi connectivity index (χ0) is 21.4. The lowest BCUT2D eigenvalue weighted by atomic mass is 9.87. The molecule has 29 heavy (non-hydrogen) atoms. The number of likely N-dealkylation sites (N-methyl/N-ethyl adjacent to an activating group) is 1. The molecular formula is C22H25F3N4. The molecule has 0 saturated carbocycles. The average Bonchev–Trinajstić information content (AvgIpc) is 2.62. The summed E-state index contributed by atoms with van der Waals surface area (Å²) >= 11 is 0. The molecule has 1 aromatic heterocycles. The number of fused-ring (bicyclic) bond motifs is 1. The first-order chi connectivity index (χ1) is 13.5. The van der Waals surface area contributed by atoms with Crippen molar-refractivity contribution in [3.05, 3.63) is 58.8 Å². The van der Waals surface area contributed by atoms with Crippen LogP contribution < -0.4 is 10.3 Å². The Bertz CT molecular complexity index is 957. The van der Waals surface area contributed by atoms with Crippen molar-refractivity contribution in [1.29, 1.82) is 0 Å². The normalized spacial score (nSPS) is 16.0. The van der Waals surface area contributed by atoms with E-state index in [4.69, 9.17) is 0 Å². The van der Waals surface area contributed by atoms with Gasteiger partial charge in [-0.1, -0.05) is 6.08 Å². The molecule has 1 aliphatic rings. The Balaban J connectivity index is 1.83. The SMILES string of the molecule is CCN1c2cc(C)c(/C=N/Nc3ccc(C(F)(F)F)cn3)cc2C(C)=CC1(C)C. The summed E-state index contributed by atoms with van der Waals surface area (Å²) in [4.78, 5) is 6.13. The van der Waals surface area contributed by atoms with Crippen molar-refractivity contribution in [2.45, 2.75) is 46.3 Å². The van der Waals surface area contributed by atoms with E-state index in [1.54, 1.807) is 6.21 Å². The number of anilines is 2. The Morgan fingerprint density at radius 2 is 1.93 bits per heavy atom. The van der Waals surface area contributed by atoms with Gasteiger partial charge in [-0.2, -0.15) is 18.3 Å². The van der Waals surface area contributed by atoms with Crippen molar-refractivity contribution in [1.82, 2.24) is 4.98 Å². The lowest BCUT2D eigenvalue weighted by Crippen LogP contribution is -2.45. The Kier molecular flexibility index (Phi) is 5.43. The highest BCUT2D eigenvalue weighted by Gasteiger charge is 2.31. The molecule has 0 amide bonds. The van der Waals surface area contributed by atoms with E-state index in [-0.39, 0.29) is 11.4 Å². The van der Waals surface area contributed by atoms with E-state index in [0.717, 1.165) is 35.5 Å². The molecule has 2 aromatic rings. The number of benzene rings is 1. The number of halogens is 3. The van der Waals surface area contributed by atoms with Crippen LogP contribution in [0.4, 0.5) is 24.7 Å². The van der Waals surface area contributed by atoms with Crippen molar-refractivity contribution >= 4 is 23.3 Å². The minimum atomic E-state index is -4.40. The van der Waals surface area contributed by atoms with Gasteiger partial charge in [0.1, 0.15) is 5.82 Å². The number of allylic oxidation sites excluding steroid dienone is 1. The number of hydrogen-bond donors (Lipinski definition) is 1. The van der Waals surface area contributed by atoms with Crippen molar-refractivity contribution in [3.8, 4) is 0 Å². The number of nitrogens with zero attached hydrogens (tertiary/aromatic N) is 3. The summed E-state index contributed by atoms with van der Waals surface area (Å²) in [6.45, 7) is 11.6. The first-order valence-corrected chi connectivity index (χ1v) is 9.47. The molecule has 7 heteroatoms. The van der Waals surface area contributed by atoms with Crippen molar-refractivity contribution in [2.75, 3.05) is 16.9 Å². The number of rotatable bonds is 4. The third-order valence-corrected chi connectivity index (χ3v) is 5.16. The van der Waals surface area contributed by atoms with Crippen molar-refractivity contribution in [2.24, 2.45) is 5.10 Å². The zero-order valence-electron chi connectivity index (χ0n) is 17.2. The Labute approximate surface area is 169 Å². The standard InChI is InChI=1S/C22H25F3N4/c1-6-29-19-9-14(2)16(10-18(19)15(3)11-21(29,4)5)12-27-28-20-8-7-17(13-26-20)22(23,24)25/h7-13H,6H2,1-5H3,(H,26,28)/b27-12+. The van der Waals surface area contributed by atoms with E-state index in [1.165, 1.54) is 17.3 Å². The van der Waals surface area contributed by atoms with Crippen LogP contribution in [0.2, 0.25) is 0 Å². The minimum Gasteiger partial charge on any atom is -0.363 e. The number of hydrazone groups is 1. The molecule has 0 bridgehead atoms. The summed E-state index contributed by atoms with van der Waals surface area (Å²) in [6, 6.07) is 6.49. The molecule has 0 fully saturated rings. The molecule has 0 aliphatic carbocycles. The largest absolute Gasteiger partial charge is 0.417 e. The summed E-state index contributed by atoms with van der Waals surface area (Å²) in [5, 5.41) is 4.15. The number of nitrogens with one attached hydrogen (secondary N) is 1. The molecule has 0 saturated heterocycles. The Morgan fingerprint density at radius 1 is 1.21 bits per heavy atom. The monoisotopic (exact) mass is 402 g/mol. The smallest absolute Gasteiger partial charge is 0.363 e. The highest BCUT2D eigenvalue weighted by Crippen LogP contribution is 2.39. The average molecular weight is 402 g/mol. The molecule has 2 heterocycles. The van der Waals surface area contributed by atoms with Gasteiger partial charge in [0.05, 0.1) is 17.3 Å². The molecule has 0 atom stereocenters. The number of aromatic nitrogens is 1. The van der Waals surface area contributed by atoms with Crippen LogP contribution >= 0.6 is 0 Å². The molecule has 0 radical (unpaired) electrons. The second kappa shape index (κ2) is 7.54. The topological polar surface area (TPSA) is 40.5 Å². The molecule has 0 spiro atoms. The van der Waals surface area contributed by atoms with E-state index in [9.17, 15) is 13.2 Å². The third-order valence-electron chi connectivity index (χ3n) is 5.16. The van der Waals surface area contributed by atoms with Crippen LogP contribution in [0.25, 0.3) is 5.57 Å². The fourth-order valence-corrected chi connectivity index (χ4v) is 3.76. The third kappa shape index (κ3) is 4.28. The fraction of sp³-hybridized carbons (Fsp3) is 0.364. The maximum atomic E-state index is 12.6. The van der Waals surface area contributed by atoms with Crippen LogP contribution in [0.5, 0.6) is 0 Å². The van der Waals surface area contributed by atoms with Crippen LogP contribution in [-0.4, -0.2) is 23.3 Å². The molecule has 4 nitrogen and oxygen atoms in total. The van der Waals surface area contributed by atoms with Gasteiger partial charge >= 0.3 is 6.18 Å².